The number of para-hydroxylation sites is 2. The zero-order valence-corrected chi connectivity index (χ0v) is 38.8. The van der Waals surface area contributed by atoms with Crippen LogP contribution in [0.4, 0.5) is 28.4 Å². The molecule has 0 fully saturated rings. The number of ether oxygens (including phenoxy) is 2. The first-order chi connectivity index (χ1) is 31.2. The predicted molar refractivity (Wildman–Crippen MR) is 271 cm³/mol. The first-order valence-electron chi connectivity index (χ1n) is 23.1. The third kappa shape index (κ3) is 6.98. The summed E-state index contributed by atoms with van der Waals surface area (Å²) in [4.78, 5) is 2.44. The van der Waals surface area contributed by atoms with Crippen LogP contribution in [-0.2, 0) is 16.2 Å². The van der Waals surface area contributed by atoms with Gasteiger partial charge in [-0.15, -0.1) is 0 Å². The van der Waals surface area contributed by atoms with Gasteiger partial charge in [0.2, 0.25) is 0 Å². The molecule has 4 nitrogen and oxygen atoms in total. The van der Waals surface area contributed by atoms with Crippen LogP contribution >= 0.6 is 0 Å². The van der Waals surface area contributed by atoms with Crippen LogP contribution in [0.2, 0.25) is 0 Å². The summed E-state index contributed by atoms with van der Waals surface area (Å²) in [6.45, 7) is 18.8. The molecule has 4 heteroatoms. The lowest BCUT2D eigenvalue weighted by Crippen LogP contribution is -2.34. The van der Waals surface area contributed by atoms with Gasteiger partial charge in [0.25, 0.3) is 0 Å². The lowest BCUT2D eigenvalue weighted by Gasteiger charge is -2.43. The smallest absolute Gasteiger partial charge is 0.172 e. The van der Waals surface area contributed by atoms with E-state index in [1.54, 1.807) is 0 Å². The SMILES string of the molecule is Cc1cc(-c2cc3c(cc2Nc2ccc(-c4ccccc4)cc2)C(C)(C)c2ccccc2-3)cc(N(c2ccc3c(c2)Oc2ccccc2O3)c2cc3c(cc2C)C(C)(C)CCC3(C)C)c1. The number of benzene rings is 8. The second-order valence-electron chi connectivity index (χ2n) is 20.3. The van der Waals surface area contributed by atoms with Gasteiger partial charge in [-0.25, -0.2) is 0 Å². The summed E-state index contributed by atoms with van der Waals surface area (Å²) in [5.41, 5.74) is 20.6. The Bertz CT molecular complexity index is 3180. The lowest BCUT2D eigenvalue weighted by molar-refractivity contribution is 0.332. The summed E-state index contributed by atoms with van der Waals surface area (Å²) in [5.74, 6) is 2.84. The third-order valence-electron chi connectivity index (χ3n) is 14.5. The quantitative estimate of drug-likeness (QED) is 0.173. The van der Waals surface area contributed by atoms with Gasteiger partial charge >= 0.3 is 0 Å². The first-order valence-corrected chi connectivity index (χ1v) is 23.1. The Balaban J connectivity index is 1.10. The van der Waals surface area contributed by atoms with E-state index in [0.29, 0.717) is 17.2 Å². The van der Waals surface area contributed by atoms with Crippen LogP contribution in [0.25, 0.3) is 33.4 Å². The number of aryl methyl sites for hydroxylation is 2. The second-order valence-corrected chi connectivity index (χ2v) is 20.3. The number of hydrogen-bond donors (Lipinski definition) is 1. The number of hydrogen-bond acceptors (Lipinski definition) is 4. The van der Waals surface area contributed by atoms with Crippen LogP contribution in [0.3, 0.4) is 0 Å². The molecule has 322 valence electrons. The van der Waals surface area contributed by atoms with Crippen molar-refractivity contribution in [3.63, 3.8) is 0 Å². The van der Waals surface area contributed by atoms with Crippen molar-refractivity contribution in [2.45, 2.75) is 84.5 Å². The largest absolute Gasteiger partial charge is 0.450 e. The fourth-order valence-electron chi connectivity index (χ4n) is 10.7. The summed E-state index contributed by atoms with van der Waals surface area (Å²) in [6, 6.07) is 59.4. The molecule has 3 aliphatic rings. The zero-order chi connectivity index (χ0) is 44.8. The van der Waals surface area contributed by atoms with Crippen molar-refractivity contribution < 1.29 is 9.47 Å². The van der Waals surface area contributed by atoms with Crippen LogP contribution in [-0.4, -0.2) is 0 Å². The number of rotatable bonds is 7. The minimum Gasteiger partial charge on any atom is -0.450 e. The molecule has 65 heavy (non-hydrogen) atoms. The highest BCUT2D eigenvalue weighted by Crippen LogP contribution is 2.54. The van der Waals surface area contributed by atoms with Gasteiger partial charge in [-0.3, -0.25) is 0 Å². The zero-order valence-electron chi connectivity index (χ0n) is 38.8. The van der Waals surface area contributed by atoms with Gasteiger partial charge in [0.1, 0.15) is 0 Å². The molecule has 0 saturated carbocycles. The van der Waals surface area contributed by atoms with E-state index in [1.807, 2.05) is 24.3 Å². The van der Waals surface area contributed by atoms with E-state index in [0.717, 1.165) is 58.2 Å². The van der Waals surface area contributed by atoms with E-state index in [2.05, 4.69) is 205 Å². The minimum atomic E-state index is -0.155. The van der Waals surface area contributed by atoms with Gasteiger partial charge < -0.3 is 19.7 Å². The molecule has 11 rings (SSSR count). The van der Waals surface area contributed by atoms with Crippen LogP contribution in [0.15, 0.2) is 164 Å². The molecular weight excluding hydrogens is 793 g/mol. The number of nitrogens with one attached hydrogen (secondary N) is 1. The molecular formula is C61H56N2O2. The second kappa shape index (κ2) is 15.0. The first kappa shape index (κ1) is 40.7. The van der Waals surface area contributed by atoms with Gasteiger partial charge in [0.05, 0.1) is 5.69 Å². The van der Waals surface area contributed by atoms with Crippen molar-refractivity contribution in [2.24, 2.45) is 0 Å². The molecule has 1 aliphatic heterocycles. The summed E-state index contributed by atoms with van der Waals surface area (Å²) < 4.78 is 13.0. The fourth-order valence-corrected chi connectivity index (χ4v) is 10.7. The Hall–Kier alpha value is -7.04. The summed E-state index contributed by atoms with van der Waals surface area (Å²) >= 11 is 0. The van der Waals surface area contributed by atoms with Crippen molar-refractivity contribution in [2.75, 3.05) is 10.2 Å². The van der Waals surface area contributed by atoms with E-state index in [1.165, 1.54) is 55.6 Å². The van der Waals surface area contributed by atoms with Crippen LogP contribution in [0, 0.1) is 13.8 Å². The molecule has 0 atom stereocenters. The molecule has 2 aliphatic carbocycles. The Morgan fingerprint density at radius 2 is 1.08 bits per heavy atom. The van der Waals surface area contributed by atoms with E-state index in [9.17, 15) is 0 Å². The maximum absolute atomic E-state index is 6.57. The minimum absolute atomic E-state index is 0.0294. The van der Waals surface area contributed by atoms with Crippen LogP contribution < -0.4 is 19.7 Å². The number of nitrogens with zero attached hydrogens (tertiary/aromatic N) is 1. The molecule has 1 N–H and O–H groups in total. The highest BCUT2D eigenvalue weighted by molar-refractivity contribution is 5.93. The molecule has 0 amide bonds. The number of anilines is 5. The Kier molecular flexibility index (Phi) is 9.41. The van der Waals surface area contributed by atoms with Crippen molar-refractivity contribution in [1.82, 2.24) is 0 Å². The molecule has 1 heterocycles. The molecule has 0 bridgehead atoms. The van der Waals surface area contributed by atoms with E-state index in [4.69, 9.17) is 9.47 Å². The normalized spacial score (nSPS) is 15.6. The molecule has 0 saturated heterocycles. The van der Waals surface area contributed by atoms with Gasteiger partial charge in [-0.1, -0.05) is 133 Å². The summed E-state index contributed by atoms with van der Waals surface area (Å²) in [6.07, 6.45) is 2.30. The molecule has 0 spiro atoms. The van der Waals surface area contributed by atoms with Crippen LogP contribution in [0.1, 0.15) is 87.8 Å². The molecule has 0 radical (unpaired) electrons. The number of fused-ring (bicyclic) bond motifs is 6. The summed E-state index contributed by atoms with van der Waals surface area (Å²) in [7, 11) is 0. The van der Waals surface area contributed by atoms with E-state index < -0.39 is 0 Å². The maximum Gasteiger partial charge on any atom is 0.172 e. The Morgan fingerprint density at radius 3 is 1.82 bits per heavy atom. The van der Waals surface area contributed by atoms with E-state index in [-0.39, 0.29) is 16.2 Å². The van der Waals surface area contributed by atoms with Gasteiger partial charge in [-0.05, 0) is 165 Å². The average molecular weight is 849 g/mol. The monoisotopic (exact) mass is 848 g/mol. The Morgan fingerprint density at radius 1 is 0.446 bits per heavy atom. The topological polar surface area (TPSA) is 33.7 Å². The fraction of sp³-hybridized carbons (Fsp3) is 0.213. The predicted octanol–water partition coefficient (Wildman–Crippen LogP) is 17.4. The molecule has 0 aromatic heterocycles. The van der Waals surface area contributed by atoms with E-state index >= 15 is 0 Å². The standard InChI is InChI=1S/C61H56N2O2/c1-38-30-42(47-35-48-46-18-12-13-19-49(46)61(7,8)50(48)36-53(47)62-43-24-22-41(23-25-43)40-16-10-9-11-17-40)33-45(31-38)63(44-26-27-57-58(34-44)65-56-21-15-14-20-55(56)64-57)54-37-52-51(32-39(54)2)59(3,4)28-29-60(52,5)6/h9-27,30-37,62H,28-29H2,1-8H3. The van der Waals surface area contributed by atoms with Crippen LogP contribution in [0.5, 0.6) is 23.0 Å². The van der Waals surface area contributed by atoms with Crippen molar-refractivity contribution in [3.8, 4) is 56.4 Å². The molecule has 8 aromatic rings. The molecule has 8 aromatic carbocycles. The van der Waals surface area contributed by atoms with Crippen molar-refractivity contribution in [3.05, 3.63) is 197 Å². The van der Waals surface area contributed by atoms with Gasteiger partial charge in [0.15, 0.2) is 23.0 Å². The highest BCUT2D eigenvalue weighted by atomic mass is 16.6. The Labute approximate surface area is 384 Å². The summed E-state index contributed by atoms with van der Waals surface area (Å²) in [5, 5.41) is 3.93. The average Bonchev–Trinajstić information content (AvgIpc) is 3.52. The lowest BCUT2D eigenvalue weighted by atomic mass is 9.63. The maximum atomic E-state index is 6.57. The molecule has 0 unspecified atom stereocenters. The van der Waals surface area contributed by atoms with Gasteiger partial charge in [-0.2, -0.15) is 0 Å². The highest BCUT2D eigenvalue weighted by Gasteiger charge is 2.39. The van der Waals surface area contributed by atoms with Crippen molar-refractivity contribution >= 4 is 28.4 Å². The van der Waals surface area contributed by atoms with Gasteiger partial charge in [0, 0.05) is 39.8 Å². The van der Waals surface area contributed by atoms with Crippen molar-refractivity contribution in [1.29, 1.82) is 0 Å². The third-order valence-corrected chi connectivity index (χ3v) is 14.5.